The van der Waals surface area contributed by atoms with Crippen LogP contribution in [0.15, 0.2) is 24.3 Å². The van der Waals surface area contributed by atoms with Crippen molar-refractivity contribution < 1.29 is 38.9 Å². The van der Waals surface area contributed by atoms with Crippen LogP contribution in [0.25, 0.3) is 0 Å². The number of esters is 2. The summed E-state index contributed by atoms with van der Waals surface area (Å²) in [6.07, 6.45) is 19.2. The minimum atomic E-state index is -1.39. The molecule has 0 saturated heterocycles. The van der Waals surface area contributed by atoms with Crippen molar-refractivity contribution in [3.8, 4) is 0 Å². The summed E-state index contributed by atoms with van der Waals surface area (Å²) in [6.45, 7) is 5.06. The number of aliphatic carboxylic acids is 2. The molecule has 0 heterocycles. The molecule has 0 aliphatic carbocycles. The minimum Gasteiger partial charge on any atom is -0.545 e. The predicted octanol–water partition coefficient (Wildman–Crippen LogP) is 2.79. The van der Waals surface area contributed by atoms with Crippen molar-refractivity contribution in [1.82, 2.24) is 0 Å². The first-order valence-electron chi connectivity index (χ1n) is 12.4. The molecule has 0 spiro atoms. The van der Waals surface area contributed by atoms with Crippen molar-refractivity contribution in [3.05, 3.63) is 24.3 Å². The van der Waals surface area contributed by atoms with E-state index in [2.05, 4.69) is 13.8 Å². The Labute approximate surface area is 251 Å². The van der Waals surface area contributed by atoms with Crippen LogP contribution in [0, 0.1) is 0 Å². The van der Waals surface area contributed by atoms with Gasteiger partial charge >= 0.3 is 60.8 Å². The molecule has 0 aromatic carbocycles. The predicted molar refractivity (Wildman–Crippen MR) is 132 cm³/mol. The van der Waals surface area contributed by atoms with Crippen molar-refractivity contribution in [2.45, 2.75) is 104 Å². The van der Waals surface area contributed by atoms with Gasteiger partial charge in [0.15, 0.2) is 0 Å². The maximum Gasteiger partial charge on any atom is 2.00 e. The molecule has 0 aromatic rings. The Hall–Kier alpha value is -1.07. The van der Waals surface area contributed by atoms with E-state index in [1.807, 2.05) is 0 Å². The number of carboxylic acids is 2. The second-order valence-corrected chi connectivity index (χ2v) is 7.88. The number of ether oxygens (including phenoxy) is 2. The minimum absolute atomic E-state index is 0. The molecular weight excluding hydrogens is 578 g/mol. The van der Waals surface area contributed by atoms with E-state index < -0.39 is 23.9 Å². The summed E-state index contributed by atoms with van der Waals surface area (Å²) in [4.78, 5) is 41.8. The number of hydrogen-bond donors (Lipinski definition) is 0. The summed E-state index contributed by atoms with van der Waals surface area (Å²) in [6, 6.07) is 0. The summed E-state index contributed by atoms with van der Waals surface area (Å²) >= 11 is 0. The van der Waals surface area contributed by atoms with Gasteiger partial charge in [0.2, 0.25) is 0 Å². The molecule has 0 fully saturated rings. The fourth-order valence-electron chi connectivity index (χ4n) is 2.83. The van der Waals surface area contributed by atoms with Crippen molar-refractivity contribution >= 4 is 72.8 Å². The fraction of sp³-hybridized carbons (Fsp3) is 0.692. The van der Waals surface area contributed by atoms with E-state index >= 15 is 0 Å². The molecule has 0 unspecified atom stereocenters. The third kappa shape index (κ3) is 37.6. The molecule has 35 heavy (non-hydrogen) atoms. The molecular formula is C26H42BaO8. The third-order valence-corrected chi connectivity index (χ3v) is 4.70. The molecule has 8 nitrogen and oxygen atoms in total. The quantitative estimate of drug-likeness (QED) is 0.0880. The zero-order chi connectivity index (χ0) is 25.9. The van der Waals surface area contributed by atoms with Crippen LogP contribution in [0.5, 0.6) is 0 Å². The smallest absolute Gasteiger partial charge is 0.545 e. The van der Waals surface area contributed by atoms with Crippen LogP contribution in [0.3, 0.4) is 0 Å². The number of rotatable bonds is 20. The van der Waals surface area contributed by atoms with E-state index in [1.165, 1.54) is 51.4 Å². The summed E-state index contributed by atoms with van der Waals surface area (Å²) in [5.74, 6) is -4.03. The summed E-state index contributed by atoms with van der Waals surface area (Å²) in [5, 5.41) is 20.0. The van der Waals surface area contributed by atoms with Gasteiger partial charge in [0.25, 0.3) is 0 Å². The van der Waals surface area contributed by atoms with Crippen LogP contribution in [0.2, 0.25) is 0 Å². The molecule has 0 aliphatic heterocycles. The van der Waals surface area contributed by atoms with Gasteiger partial charge in [-0.05, 0) is 25.0 Å². The van der Waals surface area contributed by atoms with Crippen LogP contribution in [-0.4, -0.2) is 86.0 Å². The monoisotopic (exact) mass is 620 g/mol. The number of carbonyl (C=O) groups is 4. The average Bonchev–Trinajstić information content (AvgIpc) is 2.80. The maximum atomic E-state index is 10.9. The Morgan fingerprint density at radius 2 is 0.800 bits per heavy atom. The van der Waals surface area contributed by atoms with Crippen LogP contribution in [-0.2, 0) is 28.7 Å². The first-order chi connectivity index (χ1) is 16.3. The van der Waals surface area contributed by atoms with Gasteiger partial charge in [0, 0.05) is 12.2 Å². The summed E-state index contributed by atoms with van der Waals surface area (Å²) < 4.78 is 9.61. The van der Waals surface area contributed by atoms with Gasteiger partial charge in [-0.25, -0.2) is 9.59 Å². The Kier molecular flexibility index (Phi) is 34.0. The summed E-state index contributed by atoms with van der Waals surface area (Å²) in [5.41, 5.74) is 0. The topological polar surface area (TPSA) is 133 Å². The maximum absolute atomic E-state index is 10.9. The Morgan fingerprint density at radius 1 is 0.514 bits per heavy atom. The van der Waals surface area contributed by atoms with Gasteiger partial charge in [-0.2, -0.15) is 0 Å². The van der Waals surface area contributed by atoms with Crippen molar-refractivity contribution in [2.75, 3.05) is 13.2 Å². The molecule has 9 heteroatoms. The second kappa shape index (κ2) is 31.0. The molecule has 0 atom stereocenters. The Morgan fingerprint density at radius 3 is 1.09 bits per heavy atom. The van der Waals surface area contributed by atoms with Gasteiger partial charge < -0.3 is 29.3 Å². The Balaban J connectivity index is -0.000000569. The van der Waals surface area contributed by atoms with Crippen molar-refractivity contribution in [3.63, 3.8) is 0 Å². The Bertz CT molecular complexity index is 550. The normalized spacial score (nSPS) is 10.3. The van der Waals surface area contributed by atoms with Crippen LogP contribution in [0.4, 0.5) is 0 Å². The first kappa shape index (κ1) is 38.5. The molecule has 0 radical (unpaired) electrons. The first-order valence-corrected chi connectivity index (χ1v) is 12.4. The van der Waals surface area contributed by atoms with E-state index in [9.17, 15) is 29.4 Å². The van der Waals surface area contributed by atoms with E-state index in [0.29, 0.717) is 25.4 Å². The van der Waals surface area contributed by atoms with E-state index in [1.54, 1.807) is 0 Å². The molecule has 0 rings (SSSR count). The molecule has 0 bridgehead atoms. The standard InChI is InChI=1S/2C13H22O4.Ba/c2*1-2-3-4-5-6-7-8-11-17-13(16)10-9-12(14)15;/h2*9-10H,2-8,11H2,1H3,(H,14,15);/q;;+2/p-2/b2*10-9-;. The van der Waals surface area contributed by atoms with Crippen LogP contribution >= 0.6 is 0 Å². The number of hydrogen-bond acceptors (Lipinski definition) is 8. The molecule has 0 saturated carbocycles. The van der Waals surface area contributed by atoms with Gasteiger partial charge in [0.05, 0.1) is 25.2 Å². The van der Waals surface area contributed by atoms with Crippen molar-refractivity contribution in [2.24, 2.45) is 0 Å². The molecule has 0 N–H and O–H groups in total. The number of carboxylic acid groups (broad SMARTS) is 2. The van der Waals surface area contributed by atoms with Gasteiger partial charge in [-0.15, -0.1) is 0 Å². The van der Waals surface area contributed by atoms with Crippen molar-refractivity contribution in [1.29, 1.82) is 0 Å². The largest absolute Gasteiger partial charge is 2.00 e. The average molecular weight is 620 g/mol. The molecule has 0 aliphatic rings. The third-order valence-electron chi connectivity index (χ3n) is 4.70. The van der Waals surface area contributed by atoms with E-state index in [-0.39, 0.29) is 48.9 Å². The molecule has 0 aromatic heterocycles. The summed E-state index contributed by atoms with van der Waals surface area (Å²) in [7, 11) is 0. The molecule has 0 amide bonds. The molecule has 196 valence electrons. The van der Waals surface area contributed by atoms with Gasteiger partial charge in [-0.1, -0.05) is 90.9 Å². The fourth-order valence-corrected chi connectivity index (χ4v) is 2.83. The van der Waals surface area contributed by atoms with E-state index in [0.717, 1.165) is 50.7 Å². The van der Waals surface area contributed by atoms with E-state index in [4.69, 9.17) is 9.47 Å². The number of carbonyl (C=O) groups excluding carboxylic acids is 4. The zero-order valence-corrected chi connectivity index (χ0v) is 26.0. The SMILES string of the molecule is CCCCCCCCCOC(=O)/C=C\C(=O)[O-].CCCCCCCCCOC(=O)/C=C\C(=O)[O-].[Ba+2]. The number of unbranched alkanes of at least 4 members (excludes halogenated alkanes) is 12. The zero-order valence-electron chi connectivity index (χ0n) is 21.6. The van der Waals surface area contributed by atoms with Crippen LogP contribution < -0.4 is 10.2 Å². The second-order valence-electron chi connectivity index (χ2n) is 7.88. The van der Waals surface area contributed by atoms with Gasteiger partial charge in [-0.3, -0.25) is 0 Å². The van der Waals surface area contributed by atoms with Gasteiger partial charge in [0.1, 0.15) is 0 Å². The van der Waals surface area contributed by atoms with Crippen LogP contribution in [0.1, 0.15) is 104 Å².